The monoisotopic (exact) mass is 390 g/mol. The Kier molecular flexibility index (Phi) is 7.01. The van der Waals surface area contributed by atoms with Gasteiger partial charge in [0.2, 0.25) is 0 Å². The summed E-state index contributed by atoms with van der Waals surface area (Å²) in [6, 6.07) is 18.9. The smallest absolute Gasteiger partial charge is 0.343 e. The van der Waals surface area contributed by atoms with Crippen LogP contribution in [0, 0.1) is 0 Å². The lowest BCUT2D eigenvalue weighted by Crippen LogP contribution is -2.13. The van der Waals surface area contributed by atoms with E-state index in [1.54, 1.807) is 19.1 Å². The Labute approximate surface area is 171 Å². The molecular weight excluding hydrogens is 364 g/mol. The van der Waals surface area contributed by atoms with Crippen LogP contribution in [-0.4, -0.2) is 18.5 Å². The van der Waals surface area contributed by atoms with Crippen LogP contribution in [0.25, 0.3) is 10.8 Å². The second kappa shape index (κ2) is 9.87. The van der Waals surface area contributed by atoms with E-state index in [2.05, 4.69) is 6.92 Å². The first kappa shape index (κ1) is 20.6. The molecule has 0 aliphatic carbocycles. The first-order chi connectivity index (χ1) is 14.1. The minimum Gasteiger partial charge on any atom is -0.466 e. The number of fused-ring (bicyclic) bond motifs is 1. The molecule has 29 heavy (non-hydrogen) atoms. The summed E-state index contributed by atoms with van der Waals surface area (Å²) < 4.78 is 10.9. The molecule has 0 saturated heterocycles. The first-order valence-electron chi connectivity index (χ1n) is 10.1. The minimum atomic E-state index is -0.437. The first-order valence-corrected chi connectivity index (χ1v) is 10.1. The van der Waals surface area contributed by atoms with Crippen molar-refractivity contribution in [2.24, 2.45) is 0 Å². The van der Waals surface area contributed by atoms with Crippen LogP contribution in [0.3, 0.4) is 0 Å². The lowest BCUT2D eigenvalue weighted by Gasteiger charge is -2.13. The van der Waals surface area contributed by atoms with Crippen LogP contribution in [-0.2, 0) is 22.4 Å². The zero-order valence-electron chi connectivity index (χ0n) is 16.9. The Morgan fingerprint density at radius 3 is 2.38 bits per heavy atom. The lowest BCUT2D eigenvalue weighted by atomic mass is 10.0. The van der Waals surface area contributed by atoms with Gasteiger partial charge in [-0.3, -0.25) is 4.79 Å². The summed E-state index contributed by atoms with van der Waals surface area (Å²) in [4.78, 5) is 24.8. The van der Waals surface area contributed by atoms with Gasteiger partial charge in [-0.05, 0) is 42.8 Å². The van der Waals surface area contributed by atoms with Crippen LogP contribution < -0.4 is 4.74 Å². The van der Waals surface area contributed by atoms with Crippen molar-refractivity contribution in [1.82, 2.24) is 0 Å². The maximum atomic E-state index is 12.8. The summed E-state index contributed by atoms with van der Waals surface area (Å²) in [7, 11) is 0. The molecule has 3 aromatic carbocycles. The van der Waals surface area contributed by atoms with Crippen molar-refractivity contribution in [2.45, 2.75) is 39.5 Å². The predicted octanol–water partition coefficient (Wildman–Crippen LogP) is 5.51. The van der Waals surface area contributed by atoms with Crippen LogP contribution in [0.5, 0.6) is 5.75 Å². The van der Waals surface area contributed by atoms with E-state index in [-0.39, 0.29) is 12.4 Å². The Balaban J connectivity index is 1.88. The molecule has 0 heterocycles. The molecule has 0 amide bonds. The van der Waals surface area contributed by atoms with Crippen molar-refractivity contribution in [3.05, 3.63) is 77.4 Å². The average Bonchev–Trinajstić information content (AvgIpc) is 2.74. The highest BCUT2D eigenvalue weighted by Gasteiger charge is 2.17. The molecule has 0 aliphatic rings. The number of rotatable bonds is 8. The molecule has 0 spiro atoms. The summed E-state index contributed by atoms with van der Waals surface area (Å²) in [6.45, 7) is 4.24. The van der Waals surface area contributed by atoms with Gasteiger partial charge in [0.15, 0.2) is 0 Å². The maximum Gasteiger partial charge on any atom is 0.343 e. The number of hydrogen-bond donors (Lipinski definition) is 0. The molecule has 3 rings (SSSR count). The van der Waals surface area contributed by atoms with Gasteiger partial charge in [-0.1, -0.05) is 61.9 Å². The van der Waals surface area contributed by atoms with Crippen LogP contribution in [0.2, 0.25) is 0 Å². The van der Waals surface area contributed by atoms with E-state index in [9.17, 15) is 9.59 Å². The third kappa shape index (κ3) is 5.23. The van der Waals surface area contributed by atoms with Gasteiger partial charge in [0.1, 0.15) is 5.75 Å². The number of benzene rings is 3. The number of ether oxygens (including phenoxy) is 2. The van der Waals surface area contributed by atoms with Crippen molar-refractivity contribution in [1.29, 1.82) is 0 Å². The average molecular weight is 390 g/mol. The minimum absolute atomic E-state index is 0.0528. The van der Waals surface area contributed by atoms with Crippen LogP contribution >= 0.6 is 0 Å². The fourth-order valence-corrected chi connectivity index (χ4v) is 3.26. The maximum absolute atomic E-state index is 12.8. The Morgan fingerprint density at radius 2 is 1.66 bits per heavy atom. The molecule has 0 fully saturated rings. The van der Waals surface area contributed by atoms with Gasteiger partial charge < -0.3 is 9.47 Å². The van der Waals surface area contributed by atoms with Crippen molar-refractivity contribution < 1.29 is 19.1 Å². The van der Waals surface area contributed by atoms with E-state index < -0.39 is 5.97 Å². The molecule has 0 saturated carbocycles. The lowest BCUT2D eigenvalue weighted by molar-refractivity contribution is -0.142. The molecule has 3 aromatic rings. The molecule has 4 nitrogen and oxygen atoms in total. The summed E-state index contributed by atoms with van der Waals surface area (Å²) in [5.41, 5.74) is 2.33. The summed E-state index contributed by atoms with van der Waals surface area (Å²) >= 11 is 0. The summed E-state index contributed by atoms with van der Waals surface area (Å²) in [5, 5.41) is 1.74. The van der Waals surface area contributed by atoms with Crippen molar-refractivity contribution in [3.63, 3.8) is 0 Å². The predicted molar refractivity (Wildman–Crippen MR) is 114 cm³/mol. The van der Waals surface area contributed by atoms with Gasteiger partial charge in [-0.2, -0.15) is 0 Å². The van der Waals surface area contributed by atoms with E-state index in [1.807, 2.05) is 48.5 Å². The highest BCUT2D eigenvalue weighted by Crippen LogP contribution is 2.31. The number of hydrogen-bond acceptors (Lipinski definition) is 4. The van der Waals surface area contributed by atoms with Gasteiger partial charge in [0.25, 0.3) is 0 Å². The van der Waals surface area contributed by atoms with Gasteiger partial charge >= 0.3 is 11.9 Å². The number of unbranched alkanes of at least 4 members (excludes halogenated alkanes) is 1. The number of aryl methyl sites for hydroxylation is 1. The Hall–Kier alpha value is -3.14. The number of esters is 2. The quantitative estimate of drug-likeness (QED) is 0.376. The molecule has 0 atom stereocenters. The van der Waals surface area contributed by atoms with Gasteiger partial charge in [0, 0.05) is 10.9 Å². The van der Waals surface area contributed by atoms with Crippen LogP contribution in [0.4, 0.5) is 0 Å². The fraction of sp³-hybridized carbons (Fsp3) is 0.280. The van der Waals surface area contributed by atoms with Crippen molar-refractivity contribution >= 4 is 22.7 Å². The molecule has 0 N–H and O–H groups in total. The van der Waals surface area contributed by atoms with E-state index in [1.165, 1.54) is 5.56 Å². The highest BCUT2D eigenvalue weighted by atomic mass is 16.5. The van der Waals surface area contributed by atoms with Crippen molar-refractivity contribution in [2.75, 3.05) is 6.61 Å². The standard InChI is InChI=1S/C25H26O4/c1-3-5-8-18-11-13-20(14-12-18)25(27)29-24-21(17-23(26)28-4-2)16-15-19-9-6-7-10-22(19)24/h6-7,9-16H,3-5,8,17H2,1-2H3. The highest BCUT2D eigenvalue weighted by molar-refractivity contribution is 5.97. The molecule has 150 valence electrons. The zero-order valence-corrected chi connectivity index (χ0v) is 16.9. The fourth-order valence-electron chi connectivity index (χ4n) is 3.26. The third-order valence-electron chi connectivity index (χ3n) is 4.80. The number of carbonyl (C=O) groups is 2. The molecule has 0 bridgehead atoms. The topological polar surface area (TPSA) is 52.6 Å². The third-order valence-corrected chi connectivity index (χ3v) is 4.80. The second-order valence-electron chi connectivity index (χ2n) is 6.95. The zero-order chi connectivity index (χ0) is 20.6. The Morgan fingerprint density at radius 1 is 0.897 bits per heavy atom. The van der Waals surface area contributed by atoms with E-state index in [0.717, 1.165) is 30.0 Å². The normalized spacial score (nSPS) is 10.7. The van der Waals surface area contributed by atoms with Crippen LogP contribution in [0.15, 0.2) is 60.7 Å². The van der Waals surface area contributed by atoms with Crippen molar-refractivity contribution in [3.8, 4) is 5.75 Å². The van der Waals surface area contributed by atoms with E-state index in [0.29, 0.717) is 23.5 Å². The van der Waals surface area contributed by atoms with Crippen LogP contribution in [0.1, 0.15) is 48.2 Å². The Bertz CT molecular complexity index is 989. The largest absolute Gasteiger partial charge is 0.466 e. The van der Waals surface area contributed by atoms with Gasteiger partial charge in [0.05, 0.1) is 18.6 Å². The van der Waals surface area contributed by atoms with Gasteiger partial charge in [-0.15, -0.1) is 0 Å². The molecule has 0 unspecified atom stereocenters. The van der Waals surface area contributed by atoms with E-state index >= 15 is 0 Å². The number of carbonyl (C=O) groups excluding carboxylic acids is 2. The molecule has 4 heteroatoms. The molecular formula is C25H26O4. The molecule has 0 aliphatic heterocycles. The summed E-state index contributed by atoms with van der Waals surface area (Å²) in [6.07, 6.45) is 3.31. The molecule has 0 aromatic heterocycles. The van der Waals surface area contributed by atoms with Gasteiger partial charge in [-0.25, -0.2) is 4.79 Å². The SMILES string of the molecule is CCCCc1ccc(C(=O)Oc2c(CC(=O)OCC)ccc3ccccc23)cc1. The van der Waals surface area contributed by atoms with E-state index in [4.69, 9.17) is 9.47 Å². The molecule has 0 radical (unpaired) electrons. The second-order valence-corrected chi connectivity index (χ2v) is 6.95. The summed E-state index contributed by atoms with van der Waals surface area (Å²) in [5.74, 6) is -0.370.